The van der Waals surface area contributed by atoms with Crippen molar-refractivity contribution >= 4 is 11.4 Å². The fraction of sp³-hybridized carbons (Fsp3) is 0.625. The van der Waals surface area contributed by atoms with Gasteiger partial charge in [0.25, 0.3) is 0 Å². The lowest BCUT2D eigenvalue weighted by Gasteiger charge is -2.32. The molecule has 0 heterocycles. The molecule has 1 aliphatic carbocycles. The summed E-state index contributed by atoms with van der Waals surface area (Å²) in [6.07, 6.45) is 5.31. The number of rotatable bonds is 5. The molecular weight excluding hydrogens is 252 g/mol. The molecule has 0 amide bonds. The lowest BCUT2D eigenvalue weighted by molar-refractivity contribution is 0.0167. The molecule has 1 saturated carbocycles. The Morgan fingerprint density at radius 2 is 2.00 bits per heavy atom. The molecule has 0 unspecified atom stereocenters. The van der Waals surface area contributed by atoms with Crippen LogP contribution in [0.3, 0.4) is 0 Å². The third-order valence-electron chi connectivity index (χ3n) is 3.78. The van der Waals surface area contributed by atoms with E-state index >= 15 is 0 Å². The summed E-state index contributed by atoms with van der Waals surface area (Å²) in [5.41, 5.74) is 6.91. The molecule has 1 aromatic carbocycles. The Morgan fingerprint density at radius 3 is 2.65 bits per heavy atom. The van der Waals surface area contributed by atoms with Crippen molar-refractivity contribution in [3.05, 3.63) is 18.2 Å². The third kappa shape index (κ3) is 4.04. The van der Waals surface area contributed by atoms with Crippen molar-refractivity contribution in [3.8, 4) is 5.75 Å². The van der Waals surface area contributed by atoms with Crippen molar-refractivity contribution in [2.45, 2.75) is 57.7 Å². The number of hydrogen-bond acceptors (Lipinski definition) is 4. The van der Waals surface area contributed by atoms with Gasteiger partial charge in [-0.1, -0.05) is 19.3 Å². The first-order valence-electron chi connectivity index (χ1n) is 7.51. The van der Waals surface area contributed by atoms with Crippen molar-refractivity contribution < 1.29 is 9.84 Å². The highest BCUT2D eigenvalue weighted by Crippen LogP contribution is 2.30. The summed E-state index contributed by atoms with van der Waals surface area (Å²) in [5.74, 6) is 0.695. The van der Waals surface area contributed by atoms with Gasteiger partial charge in [0.15, 0.2) is 0 Å². The highest BCUT2D eigenvalue weighted by molar-refractivity contribution is 5.61. The highest BCUT2D eigenvalue weighted by Gasteiger charge is 2.28. The van der Waals surface area contributed by atoms with E-state index in [4.69, 9.17) is 10.5 Å². The molecule has 0 radical (unpaired) electrons. The van der Waals surface area contributed by atoms with Crippen LogP contribution in [0.15, 0.2) is 18.2 Å². The van der Waals surface area contributed by atoms with Gasteiger partial charge in [-0.05, 0) is 38.8 Å². The highest BCUT2D eigenvalue weighted by atomic mass is 16.5. The van der Waals surface area contributed by atoms with Gasteiger partial charge in [-0.2, -0.15) is 0 Å². The number of anilines is 2. The number of nitrogens with two attached hydrogens (primary N) is 1. The minimum absolute atomic E-state index is 0.0927. The quantitative estimate of drug-likeness (QED) is 0.724. The zero-order chi connectivity index (χ0) is 14.6. The van der Waals surface area contributed by atoms with Crippen molar-refractivity contribution in [2.24, 2.45) is 0 Å². The van der Waals surface area contributed by atoms with Crippen molar-refractivity contribution in [1.82, 2.24) is 0 Å². The van der Waals surface area contributed by atoms with E-state index < -0.39 is 5.60 Å². The van der Waals surface area contributed by atoms with E-state index in [-0.39, 0.29) is 6.10 Å². The maximum Gasteiger partial charge on any atom is 0.144 e. The number of ether oxygens (including phenoxy) is 1. The molecule has 0 bridgehead atoms. The predicted molar refractivity (Wildman–Crippen MR) is 83.1 cm³/mol. The number of hydrogen-bond donors (Lipinski definition) is 3. The predicted octanol–water partition coefficient (Wildman–Crippen LogP) is 3.16. The number of nitrogen functional groups attached to an aromatic ring is 1. The number of nitrogens with one attached hydrogen (secondary N) is 1. The summed E-state index contributed by atoms with van der Waals surface area (Å²) in [6, 6.07) is 5.67. The number of aliphatic hydroxyl groups is 1. The van der Waals surface area contributed by atoms with Crippen LogP contribution in [-0.4, -0.2) is 23.4 Å². The fourth-order valence-corrected chi connectivity index (χ4v) is 2.65. The normalized spacial score (nSPS) is 18.0. The Morgan fingerprint density at radius 1 is 1.30 bits per heavy atom. The van der Waals surface area contributed by atoms with E-state index in [2.05, 4.69) is 5.32 Å². The molecule has 20 heavy (non-hydrogen) atoms. The Bertz CT molecular complexity index is 440. The van der Waals surface area contributed by atoms with E-state index in [0.717, 1.165) is 31.4 Å². The van der Waals surface area contributed by atoms with Gasteiger partial charge < -0.3 is 20.9 Å². The maximum absolute atomic E-state index is 10.5. The zero-order valence-electron chi connectivity index (χ0n) is 12.5. The average molecular weight is 278 g/mol. The van der Waals surface area contributed by atoms with Crippen LogP contribution in [0, 0.1) is 0 Å². The summed E-state index contributed by atoms with van der Waals surface area (Å²) in [7, 11) is 0. The van der Waals surface area contributed by atoms with Gasteiger partial charge in [-0.3, -0.25) is 0 Å². The van der Waals surface area contributed by atoms with E-state index in [0.29, 0.717) is 18.0 Å². The molecule has 4 heteroatoms. The minimum atomic E-state index is -0.571. The van der Waals surface area contributed by atoms with Crippen LogP contribution in [0.1, 0.15) is 46.0 Å². The van der Waals surface area contributed by atoms with Gasteiger partial charge in [0.05, 0.1) is 17.4 Å². The molecule has 1 aromatic rings. The Hall–Kier alpha value is -1.42. The summed E-state index contributed by atoms with van der Waals surface area (Å²) in [5, 5.41) is 13.8. The Balaban J connectivity index is 1.98. The molecular formula is C16H26N2O2. The molecule has 1 aliphatic rings. The summed E-state index contributed by atoms with van der Waals surface area (Å²) < 4.78 is 5.68. The van der Waals surface area contributed by atoms with Crippen LogP contribution in [0.25, 0.3) is 0 Å². The van der Waals surface area contributed by atoms with Crippen LogP contribution < -0.4 is 15.8 Å². The van der Waals surface area contributed by atoms with Crippen molar-refractivity contribution in [1.29, 1.82) is 0 Å². The summed E-state index contributed by atoms with van der Waals surface area (Å²) >= 11 is 0. The molecule has 0 aliphatic heterocycles. The first kappa shape index (κ1) is 15.0. The van der Waals surface area contributed by atoms with Crippen molar-refractivity contribution in [3.63, 3.8) is 0 Å². The van der Waals surface area contributed by atoms with Crippen LogP contribution in [0.2, 0.25) is 0 Å². The van der Waals surface area contributed by atoms with Gasteiger partial charge in [-0.25, -0.2) is 0 Å². The first-order valence-corrected chi connectivity index (χ1v) is 7.51. The van der Waals surface area contributed by atoms with Crippen molar-refractivity contribution in [2.75, 3.05) is 17.6 Å². The van der Waals surface area contributed by atoms with E-state index in [1.54, 1.807) is 0 Å². The molecule has 2 rings (SSSR count). The maximum atomic E-state index is 10.5. The number of benzene rings is 1. The van der Waals surface area contributed by atoms with Crippen LogP contribution in [-0.2, 0) is 0 Å². The standard InChI is InChI=1S/C16H26N2O2/c1-12(2)20-15-10-13(6-7-14(15)17)18-11-16(19)8-4-3-5-9-16/h6-7,10,12,18-19H,3-5,8-9,11,17H2,1-2H3. The minimum Gasteiger partial charge on any atom is -0.489 e. The molecule has 0 atom stereocenters. The molecule has 0 spiro atoms. The molecule has 0 saturated heterocycles. The van der Waals surface area contributed by atoms with Gasteiger partial charge in [0, 0.05) is 18.3 Å². The zero-order valence-corrected chi connectivity index (χ0v) is 12.5. The second kappa shape index (κ2) is 6.35. The Labute approximate surface area is 121 Å². The van der Waals surface area contributed by atoms with Gasteiger partial charge >= 0.3 is 0 Å². The van der Waals surface area contributed by atoms with Gasteiger partial charge in [-0.15, -0.1) is 0 Å². The smallest absolute Gasteiger partial charge is 0.144 e. The molecule has 4 N–H and O–H groups in total. The van der Waals surface area contributed by atoms with Crippen LogP contribution >= 0.6 is 0 Å². The summed E-state index contributed by atoms with van der Waals surface area (Å²) in [4.78, 5) is 0. The SMILES string of the molecule is CC(C)Oc1cc(NCC2(O)CCCCC2)ccc1N. The Kier molecular flexibility index (Phi) is 4.76. The topological polar surface area (TPSA) is 67.5 Å². The van der Waals surface area contributed by atoms with Gasteiger partial charge in [0.2, 0.25) is 0 Å². The van der Waals surface area contributed by atoms with Crippen LogP contribution in [0.5, 0.6) is 5.75 Å². The van der Waals surface area contributed by atoms with E-state index in [1.165, 1.54) is 6.42 Å². The second-order valence-corrected chi connectivity index (χ2v) is 6.06. The largest absolute Gasteiger partial charge is 0.489 e. The third-order valence-corrected chi connectivity index (χ3v) is 3.78. The fourth-order valence-electron chi connectivity index (χ4n) is 2.65. The lowest BCUT2D eigenvalue weighted by atomic mass is 9.85. The molecule has 112 valence electrons. The van der Waals surface area contributed by atoms with E-state index in [1.807, 2.05) is 32.0 Å². The average Bonchev–Trinajstić information content (AvgIpc) is 2.40. The second-order valence-electron chi connectivity index (χ2n) is 6.06. The van der Waals surface area contributed by atoms with Gasteiger partial charge in [0.1, 0.15) is 5.75 Å². The molecule has 0 aromatic heterocycles. The first-order chi connectivity index (χ1) is 9.48. The monoisotopic (exact) mass is 278 g/mol. The van der Waals surface area contributed by atoms with E-state index in [9.17, 15) is 5.11 Å². The molecule has 1 fully saturated rings. The molecule has 4 nitrogen and oxygen atoms in total. The van der Waals surface area contributed by atoms with Crippen LogP contribution in [0.4, 0.5) is 11.4 Å². The lowest BCUT2D eigenvalue weighted by Crippen LogP contribution is -2.38. The summed E-state index contributed by atoms with van der Waals surface area (Å²) in [6.45, 7) is 4.53.